The van der Waals surface area contributed by atoms with Gasteiger partial charge in [-0.15, -0.1) is 0 Å². The summed E-state index contributed by atoms with van der Waals surface area (Å²) in [4.78, 5) is 53.5. The van der Waals surface area contributed by atoms with Crippen molar-refractivity contribution >= 4 is 52.7 Å². The lowest BCUT2D eigenvalue weighted by Gasteiger charge is -2.40. The Hall–Kier alpha value is -3.83. The quantitative estimate of drug-likeness (QED) is 0.451. The van der Waals surface area contributed by atoms with Crippen LogP contribution in [0.2, 0.25) is 10.0 Å². The number of amides is 4. The molecule has 2 aliphatic rings. The minimum Gasteiger partial charge on any atom is -0.491 e. The first kappa shape index (κ1) is 30.1. The summed E-state index contributed by atoms with van der Waals surface area (Å²) >= 11 is 12.2. The van der Waals surface area contributed by atoms with Crippen molar-refractivity contribution in [1.82, 2.24) is 15.2 Å². The van der Waals surface area contributed by atoms with Crippen molar-refractivity contribution in [3.63, 3.8) is 0 Å². The second kappa shape index (κ2) is 12.0. The van der Waals surface area contributed by atoms with Crippen LogP contribution >= 0.6 is 23.2 Å². The minimum atomic E-state index is -1.68. The van der Waals surface area contributed by atoms with Crippen molar-refractivity contribution in [1.29, 1.82) is 0 Å². The number of likely N-dealkylation sites (tertiary alicyclic amines) is 1. The summed E-state index contributed by atoms with van der Waals surface area (Å²) in [6.07, 6.45) is -0.420. The minimum absolute atomic E-state index is 0.0548. The van der Waals surface area contributed by atoms with Gasteiger partial charge in [0, 0.05) is 36.6 Å². The highest BCUT2D eigenvalue weighted by molar-refractivity contribution is 6.34. The number of nitrogens with zero attached hydrogens (tertiary/aromatic N) is 3. The second-order valence-corrected chi connectivity index (χ2v) is 11.4. The summed E-state index contributed by atoms with van der Waals surface area (Å²) in [5.41, 5.74) is 4.03. The molecule has 3 N–H and O–H groups in total. The molecule has 0 unspecified atom stereocenters. The number of ether oxygens (including phenoxy) is 2. The standard InChI is InChI=1S/C28H31Cl2N5O6/c1-27(2,41-26(31)39)24(37)32-21(15-40-20-12-18(29)11-19(30)13-20)23(36)35-10-9-22-28(16-35,25(38)34(3)33-22)14-17-7-5-4-6-8-17/h4-8,11-13,21H,9-10,14-16H2,1-3H3,(H2,31,39)(H,32,37)/t21-,28-/m1/s1. The van der Waals surface area contributed by atoms with Gasteiger partial charge in [-0.25, -0.2) is 9.80 Å². The van der Waals surface area contributed by atoms with Crippen LogP contribution in [-0.2, 0) is 25.5 Å². The van der Waals surface area contributed by atoms with E-state index in [-0.39, 0.29) is 31.4 Å². The third kappa shape index (κ3) is 6.74. The van der Waals surface area contributed by atoms with Gasteiger partial charge >= 0.3 is 6.09 Å². The fourth-order valence-electron chi connectivity index (χ4n) is 5.03. The van der Waals surface area contributed by atoms with Gasteiger partial charge < -0.3 is 25.4 Å². The maximum Gasteiger partial charge on any atom is 0.405 e. The van der Waals surface area contributed by atoms with Crippen LogP contribution in [0.5, 0.6) is 5.75 Å². The van der Waals surface area contributed by atoms with E-state index in [1.807, 2.05) is 30.3 Å². The van der Waals surface area contributed by atoms with Crippen LogP contribution in [0, 0.1) is 5.41 Å². The SMILES string of the molecule is CN1N=C2CCN(C(=O)[C@@H](COc3cc(Cl)cc(Cl)c3)NC(=O)C(C)(C)OC(N)=O)C[C@@]2(Cc2ccccc2)C1=O. The highest BCUT2D eigenvalue weighted by Crippen LogP contribution is 2.38. The molecule has 0 aliphatic carbocycles. The maximum atomic E-state index is 14.0. The molecule has 11 nitrogen and oxygen atoms in total. The van der Waals surface area contributed by atoms with Crippen molar-refractivity contribution < 1.29 is 28.7 Å². The molecule has 2 atom stereocenters. The Morgan fingerprint density at radius 2 is 1.80 bits per heavy atom. The van der Waals surface area contributed by atoms with E-state index in [2.05, 4.69) is 10.4 Å². The molecule has 41 heavy (non-hydrogen) atoms. The first-order valence-corrected chi connectivity index (χ1v) is 13.6. The zero-order chi connectivity index (χ0) is 29.9. The van der Waals surface area contributed by atoms with Gasteiger partial charge in [0.15, 0.2) is 5.60 Å². The van der Waals surface area contributed by atoms with Crippen LogP contribution in [-0.4, -0.2) is 77.8 Å². The normalized spacial score (nSPS) is 19.2. The molecule has 2 aliphatic heterocycles. The van der Waals surface area contributed by atoms with Gasteiger partial charge in [-0.3, -0.25) is 14.4 Å². The lowest BCUT2D eigenvalue weighted by Crippen LogP contribution is -2.61. The topological polar surface area (TPSA) is 144 Å². The van der Waals surface area contributed by atoms with Crippen LogP contribution in [0.4, 0.5) is 4.79 Å². The molecule has 4 rings (SSSR count). The van der Waals surface area contributed by atoms with Gasteiger partial charge in [-0.05, 0) is 44.0 Å². The number of carbonyl (C=O) groups excluding carboxylic acids is 4. The number of halogens is 2. The van der Waals surface area contributed by atoms with E-state index in [0.717, 1.165) is 5.56 Å². The number of hydrogen-bond acceptors (Lipinski definition) is 7. The summed E-state index contributed by atoms with van der Waals surface area (Å²) in [5.74, 6) is -1.19. The second-order valence-electron chi connectivity index (χ2n) is 10.5. The molecule has 218 valence electrons. The molecular formula is C28H31Cl2N5O6. The molecule has 2 heterocycles. The van der Waals surface area contributed by atoms with Crippen molar-refractivity contribution in [2.24, 2.45) is 16.3 Å². The highest BCUT2D eigenvalue weighted by Gasteiger charge is 2.54. The Balaban J connectivity index is 1.61. The lowest BCUT2D eigenvalue weighted by molar-refractivity contribution is -0.145. The largest absolute Gasteiger partial charge is 0.491 e. The maximum absolute atomic E-state index is 14.0. The highest BCUT2D eigenvalue weighted by atomic mass is 35.5. The first-order chi connectivity index (χ1) is 19.3. The number of benzene rings is 2. The molecular weight excluding hydrogens is 573 g/mol. The zero-order valence-corrected chi connectivity index (χ0v) is 24.4. The van der Waals surface area contributed by atoms with E-state index >= 15 is 0 Å². The van der Waals surface area contributed by atoms with Crippen LogP contribution in [0.25, 0.3) is 0 Å². The number of fused-ring (bicyclic) bond motifs is 1. The summed E-state index contributed by atoms with van der Waals surface area (Å²) in [7, 11) is 1.60. The molecule has 2 aromatic carbocycles. The number of nitrogens with one attached hydrogen (secondary N) is 1. The van der Waals surface area contributed by atoms with E-state index in [1.54, 1.807) is 7.05 Å². The molecule has 1 fully saturated rings. The van der Waals surface area contributed by atoms with Gasteiger partial charge in [0.2, 0.25) is 5.91 Å². The van der Waals surface area contributed by atoms with Crippen LogP contribution in [0.3, 0.4) is 0 Å². The fourth-order valence-corrected chi connectivity index (χ4v) is 5.54. The predicted octanol–water partition coefficient (Wildman–Crippen LogP) is 3.02. The average Bonchev–Trinajstić information content (AvgIpc) is 3.14. The number of hydrazone groups is 1. The number of hydrogen-bond donors (Lipinski definition) is 2. The summed E-state index contributed by atoms with van der Waals surface area (Å²) in [5, 5.41) is 9.07. The Morgan fingerprint density at radius 3 is 2.44 bits per heavy atom. The molecule has 0 aromatic heterocycles. The lowest BCUT2D eigenvalue weighted by atomic mass is 9.73. The number of nitrogens with two attached hydrogens (primary N) is 1. The molecule has 0 bridgehead atoms. The Kier molecular flexibility index (Phi) is 8.79. The average molecular weight is 604 g/mol. The van der Waals surface area contributed by atoms with E-state index in [1.165, 1.54) is 42.0 Å². The third-order valence-electron chi connectivity index (χ3n) is 7.02. The number of primary amides is 1. The number of piperidine rings is 1. The Bertz CT molecular complexity index is 1370. The molecule has 1 saturated heterocycles. The van der Waals surface area contributed by atoms with E-state index < -0.39 is 35.0 Å². The smallest absolute Gasteiger partial charge is 0.405 e. The van der Waals surface area contributed by atoms with Crippen molar-refractivity contribution in [2.45, 2.75) is 38.3 Å². The van der Waals surface area contributed by atoms with Gasteiger partial charge in [0.1, 0.15) is 23.8 Å². The predicted molar refractivity (Wildman–Crippen MR) is 153 cm³/mol. The van der Waals surface area contributed by atoms with Crippen molar-refractivity contribution in [3.8, 4) is 5.75 Å². The summed E-state index contributed by atoms with van der Waals surface area (Å²) < 4.78 is 10.8. The molecule has 0 radical (unpaired) electrons. The van der Waals surface area contributed by atoms with E-state index in [9.17, 15) is 19.2 Å². The fraction of sp³-hybridized carbons (Fsp3) is 0.393. The third-order valence-corrected chi connectivity index (χ3v) is 7.46. The monoisotopic (exact) mass is 603 g/mol. The molecule has 4 amide bonds. The Labute approximate surface area is 247 Å². The van der Waals surface area contributed by atoms with Crippen LogP contribution < -0.4 is 15.8 Å². The summed E-state index contributed by atoms with van der Waals surface area (Å²) in [6, 6.07) is 12.8. The molecule has 0 spiro atoms. The van der Waals surface area contributed by atoms with E-state index in [0.29, 0.717) is 28.6 Å². The van der Waals surface area contributed by atoms with E-state index in [4.69, 9.17) is 38.4 Å². The van der Waals surface area contributed by atoms with Gasteiger partial charge in [0.25, 0.3) is 11.8 Å². The van der Waals surface area contributed by atoms with Gasteiger partial charge in [-0.1, -0.05) is 53.5 Å². The molecule has 2 aromatic rings. The van der Waals surface area contributed by atoms with Gasteiger partial charge in [0.05, 0.1) is 5.71 Å². The van der Waals surface area contributed by atoms with Crippen molar-refractivity contribution in [2.75, 3.05) is 26.7 Å². The molecule has 13 heteroatoms. The zero-order valence-electron chi connectivity index (χ0n) is 22.9. The molecule has 0 saturated carbocycles. The van der Waals surface area contributed by atoms with Gasteiger partial charge in [-0.2, -0.15) is 5.10 Å². The van der Waals surface area contributed by atoms with Crippen molar-refractivity contribution in [3.05, 3.63) is 64.1 Å². The first-order valence-electron chi connectivity index (χ1n) is 12.9. The number of rotatable bonds is 9. The number of carbonyl (C=O) groups is 4. The summed E-state index contributed by atoms with van der Waals surface area (Å²) in [6.45, 7) is 2.71. The Morgan fingerprint density at radius 1 is 1.15 bits per heavy atom. The van der Waals surface area contributed by atoms with Crippen LogP contribution in [0.15, 0.2) is 53.6 Å². The van der Waals surface area contributed by atoms with Crippen LogP contribution in [0.1, 0.15) is 25.8 Å².